The first kappa shape index (κ1) is 23.4. The van der Waals surface area contributed by atoms with Crippen molar-refractivity contribution in [3.63, 3.8) is 0 Å². The lowest BCUT2D eigenvalue weighted by atomic mass is 9.93. The summed E-state index contributed by atoms with van der Waals surface area (Å²) >= 11 is 0. The number of carbonyl (C=O) groups excluding carboxylic acids is 1. The van der Waals surface area contributed by atoms with Crippen LogP contribution in [0, 0.1) is 13.8 Å². The zero-order valence-corrected chi connectivity index (χ0v) is 21.3. The van der Waals surface area contributed by atoms with E-state index in [1.165, 1.54) is 6.33 Å². The quantitative estimate of drug-likeness (QED) is 0.348. The molecule has 4 heterocycles. The van der Waals surface area contributed by atoms with Crippen LogP contribution in [0.25, 0.3) is 16.9 Å². The van der Waals surface area contributed by atoms with Gasteiger partial charge in [0.2, 0.25) is 5.95 Å². The number of anilines is 2. The number of benzene rings is 2. The van der Waals surface area contributed by atoms with Gasteiger partial charge in [0.15, 0.2) is 0 Å². The molecular weight excluding hydrogens is 476 g/mol. The predicted molar refractivity (Wildman–Crippen MR) is 146 cm³/mol. The number of aryl methyl sites for hydroxylation is 2. The van der Waals surface area contributed by atoms with Crippen LogP contribution in [0.2, 0.25) is 0 Å². The van der Waals surface area contributed by atoms with Crippen LogP contribution in [0.1, 0.15) is 29.7 Å². The number of para-hydroxylation sites is 1. The van der Waals surface area contributed by atoms with E-state index in [0.717, 1.165) is 33.6 Å². The number of pyridine rings is 1. The molecular formula is C29H26N8O. The summed E-state index contributed by atoms with van der Waals surface area (Å²) in [4.78, 5) is 22.6. The Hall–Kier alpha value is -5.05. The molecule has 3 aromatic heterocycles. The van der Waals surface area contributed by atoms with E-state index in [4.69, 9.17) is 5.10 Å². The number of nitrogens with one attached hydrogen (secondary N) is 2. The number of amides is 1. The monoisotopic (exact) mass is 502 g/mol. The molecule has 1 aliphatic heterocycles. The highest BCUT2D eigenvalue weighted by Crippen LogP contribution is 2.39. The van der Waals surface area contributed by atoms with E-state index in [0.29, 0.717) is 23.0 Å². The molecule has 188 valence electrons. The van der Waals surface area contributed by atoms with Crippen molar-refractivity contribution < 1.29 is 4.79 Å². The van der Waals surface area contributed by atoms with Gasteiger partial charge in [-0.3, -0.25) is 4.79 Å². The number of aromatic nitrogens is 6. The first-order valence-electron chi connectivity index (χ1n) is 12.3. The maximum absolute atomic E-state index is 13.8. The summed E-state index contributed by atoms with van der Waals surface area (Å²) in [5.41, 5.74) is 6.79. The SMILES string of the molecule is CC1=C(C(=O)Nc2ccc(C)cn2)C(c2cn(-c3ccccc3)nc2-c2ccc(C)cc2)n2ncnc2N1. The van der Waals surface area contributed by atoms with Crippen molar-refractivity contribution in [3.05, 3.63) is 113 Å². The van der Waals surface area contributed by atoms with Crippen molar-refractivity contribution in [2.45, 2.75) is 26.8 Å². The fourth-order valence-corrected chi connectivity index (χ4v) is 4.63. The maximum Gasteiger partial charge on any atom is 0.257 e. The van der Waals surface area contributed by atoms with Crippen LogP contribution < -0.4 is 10.6 Å². The van der Waals surface area contributed by atoms with Crippen molar-refractivity contribution in [1.82, 2.24) is 29.5 Å². The lowest BCUT2D eigenvalue weighted by molar-refractivity contribution is -0.113. The molecule has 6 rings (SSSR count). The zero-order valence-electron chi connectivity index (χ0n) is 21.3. The van der Waals surface area contributed by atoms with Crippen molar-refractivity contribution in [1.29, 1.82) is 0 Å². The Balaban J connectivity index is 1.52. The summed E-state index contributed by atoms with van der Waals surface area (Å²) in [6, 6.07) is 21.2. The molecule has 0 spiro atoms. The molecule has 38 heavy (non-hydrogen) atoms. The normalized spacial score (nSPS) is 14.7. The molecule has 0 saturated heterocycles. The van der Waals surface area contributed by atoms with Gasteiger partial charge in [0.1, 0.15) is 18.2 Å². The lowest BCUT2D eigenvalue weighted by Gasteiger charge is -2.28. The van der Waals surface area contributed by atoms with Gasteiger partial charge in [-0.15, -0.1) is 0 Å². The third-order valence-electron chi connectivity index (χ3n) is 6.57. The van der Waals surface area contributed by atoms with Gasteiger partial charge in [-0.1, -0.05) is 54.1 Å². The summed E-state index contributed by atoms with van der Waals surface area (Å²) < 4.78 is 3.57. The average molecular weight is 503 g/mol. The number of hydrogen-bond donors (Lipinski definition) is 2. The van der Waals surface area contributed by atoms with Gasteiger partial charge in [-0.2, -0.15) is 15.2 Å². The molecule has 0 bridgehead atoms. The Kier molecular flexibility index (Phi) is 5.80. The second-order valence-electron chi connectivity index (χ2n) is 9.35. The van der Waals surface area contributed by atoms with Gasteiger partial charge in [-0.05, 0) is 44.5 Å². The van der Waals surface area contributed by atoms with Gasteiger partial charge >= 0.3 is 0 Å². The molecule has 0 saturated carbocycles. The molecule has 5 aromatic rings. The Morgan fingerprint density at radius 1 is 0.921 bits per heavy atom. The first-order chi connectivity index (χ1) is 18.5. The fourth-order valence-electron chi connectivity index (χ4n) is 4.63. The minimum absolute atomic E-state index is 0.278. The van der Waals surface area contributed by atoms with Gasteiger partial charge in [0, 0.05) is 29.2 Å². The number of nitrogens with zero attached hydrogens (tertiary/aromatic N) is 6. The summed E-state index contributed by atoms with van der Waals surface area (Å²) in [6.45, 7) is 5.88. The Morgan fingerprint density at radius 3 is 2.42 bits per heavy atom. The second kappa shape index (κ2) is 9.44. The topological polar surface area (TPSA) is 103 Å². The predicted octanol–water partition coefficient (Wildman–Crippen LogP) is 5.07. The summed E-state index contributed by atoms with van der Waals surface area (Å²) in [5.74, 6) is 0.752. The number of rotatable bonds is 5. The molecule has 2 N–H and O–H groups in total. The summed E-state index contributed by atoms with van der Waals surface area (Å²) in [5, 5.41) is 15.7. The Morgan fingerprint density at radius 2 is 1.68 bits per heavy atom. The molecule has 1 atom stereocenters. The molecule has 9 heteroatoms. The fraction of sp³-hybridized carbons (Fsp3) is 0.138. The lowest BCUT2D eigenvalue weighted by Crippen LogP contribution is -2.31. The van der Waals surface area contributed by atoms with Crippen LogP contribution >= 0.6 is 0 Å². The molecule has 1 unspecified atom stereocenters. The highest BCUT2D eigenvalue weighted by Gasteiger charge is 2.36. The van der Waals surface area contributed by atoms with Crippen molar-refractivity contribution in [2.24, 2.45) is 0 Å². The van der Waals surface area contributed by atoms with Crippen LogP contribution in [-0.2, 0) is 4.79 Å². The van der Waals surface area contributed by atoms with Crippen LogP contribution in [0.4, 0.5) is 11.8 Å². The molecule has 0 aliphatic carbocycles. The largest absolute Gasteiger partial charge is 0.328 e. The Bertz CT molecular complexity index is 1650. The number of hydrogen-bond acceptors (Lipinski definition) is 6. The molecule has 2 aromatic carbocycles. The van der Waals surface area contributed by atoms with Crippen LogP contribution in [0.5, 0.6) is 0 Å². The third kappa shape index (κ3) is 4.24. The minimum atomic E-state index is -0.576. The zero-order chi connectivity index (χ0) is 26.2. The molecule has 1 amide bonds. The highest BCUT2D eigenvalue weighted by atomic mass is 16.1. The van der Waals surface area contributed by atoms with Gasteiger partial charge in [0.25, 0.3) is 5.91 Å². The van der Waals surface area contributed by atoms with Crippen LogP contribution in [0.15, 0.2) is 96.7 Å². The molecule has 1 aliphatic rings. The van der Waals surface area contributed by atoms with Gasteiger partial charge in [-0.25, -0.2) is 14.3 Å². The smallest absolute Gasteiger partial charge is 0.257 e. The number of carbonyl (C=O) groups is 1. The van der Waals surface area contributed by atoms with E-state index in [1.54, 1.807) is 16.9 Å². The highest BCUT2D eigenvalue weighted by molar-refractivity contribution is 6.05. The Labute approximate surface area is 219 Å². The van der Waals surface area contributed by atoms with E-state index >= 15 is 0 Å². The summed E-state index contributed by atoms with van der Waals surface area (Å²) in [6.07, 6.45) is 5.18. The standard InChI is InChI=1S/C29H26N8O/c1-18-9-12-21(13-10-18)26-23(16-36(35-26)22-7-5-4-6-8-22)27-25(20(3)33-29-31-17-32-37(27)29)28(38)34-24-14-11-19(2)15-30-24/h4-17,27H,1-3H3,(H,30,34,38)(H,31,32,33). The second-order valence-corrected chi connectivity index (χ2v) is 9.35. The van der Waals surface area contributed by atoms with E-state index in [-0.39, 0.29) is 5.91 Å². The first-order valence-corrected chi connectivity index (χ1v) is 12.3. The molecule has 0 fully saturated rings. The van der Waals surface area contributed by atoms with Crippen LogP contribution in [0.3, 0.4) is 0 Å². The average Bonchev–Trinajstić information content (AvgIpc) is 3.58. The number of allylic oxidation sites excluding steroid dienone is 1. The van der Waals surface area contributed by atoms with E-state index in [9.17, 15) is 4.79 Å². The van der Waals surface area contributed by atoms with Gasteiger partial charge < -0.3 is 10.6 Å². The van der Waals surface area contributed by atoms with Crippen molar-refractivity contribution >= 4 is 17.7 Å². The molecule has 0 radical (unpaired) electrons. The van der Waals surface area contributed by atoms with E-state index in [1.807, 2.05) is 73.3 Å². The van der Waals surface area contributed by atoms with Crippen molar-refractivity contribution in [3.8, 4) is 16.9 Å². The van der Waals surface area contributed by atoms with E-state index in [2.05, 4.69) is 44.8 Å². The van der Waals surface area contributed by atoms with Crippen molar-refractivity contribution in [2.75, 3.05) is 10.6 Å². The maximum atomic E-state index is 13.8. The third-order valence-corrected chi connectivity index (χ3v) is 6.57. The van der Waals surface area contributed by atoms with Gasteiger partial charge in [0.05, 0.1) is 17.0 Å². The molecule has 9 nitrogen and oxygen atoms in total. The van der Waals surface area contributed by atoms with Crippen LogP contribution in [-0.4, -0.2) is 35.4 Å². The van der Waals surface area contributed by atoms with E-state index < -0.39 is 6.04 Å². The summed E-state index contributed by atoms with van der Waals surface area (Å²) in [7, 11) is 0. The minimum Gasteiger partial charge on any atom is -0.328 e. The number of fused-ring (bicyclic) bond motifs is 1.